The fourth-order valence-corrected chi connectivity index (χ4v) is 5.81. The summed E-state index contributed by atoms with van der Waals surface area (Å²) >= 11 is 5.81. The van der Waals surface area contributed by atoms with E-state index in [0.717, 1.165) is 6.42 Å². The van der Waals surface area contributed by atoms with Gasteiger partial charge in [0, 0.05) is 29.2 Å². The monoisotopic (exact) mass is 479 g/mol. The van der Waals surface area contributed by atoms with E-state index in [0.29, 0.717) is 23.7 Å². The van der Waals surface area contributed by atoms with E-state index in [9.17, 15) is 18.0 Å². The molecular weight excluding hydrogens is 454 g/mol. The summed E-state index contributed by atoms with van der Waals surface area (Å²) in [6.45, 7) is 4.85. The van der Waals surface area contributed by atoms with Gasteiger partial charge in [-0.15, -0.1) is 0 Å². The van der Waals surface area contributed by atoms with Gasteiger partial charge in [-0.2, -0.15) is 4.31 Å². The average molecular weight is 480 g/mol. The fraction of sp³-hybridized carbons (Fsp3) is 0.364. The van der Waals surface area contributed by atoms with Gasteiger partial charge in [-0.25, -0.2) is 8.42 Å². The smallest absolute Gasteiger partial charge is 0.269 e. The van der Waals surface area contributed by atoms with E-state index in [1.165, 1.54) is 41.7 Å². The lowest BCUT2D eigenvalue weighted by Gasteiger charge is -2.34. The van der Waals surface area contributed by atoms with Gasteiger partial charge >= 0.3 is 0 Å². The van der Waals surface area contributed by atoms with Gasteiger partial charge in [-0.1, -0.05) is 25.4 Å². The van der Waals surface area contributed by atoms with Crippen LogP contribution >= 0.6 is 11.6 Å². The standard InChI is InChI=1S/C22H26ClN3O5S/c1-14-10-15(2)13-26(12-14)32(29,30)20-11-17(6-9-19(20)31-3)22(28)25-24-21(27)16-4-7-18(23)8-5-16/h4-9,11,14-15H,10,12-13H2,1-3H3,(H,24,27)(H,25,28). The number of piperidine rings is 1. The molecule has 1 saturated heterocycles. The van der Waals surface area contributed by atoms with Crippen LogP contribution in [0.3, 0.4) is 0 Å². The first-order chi connectivity index (χ1) is 15.1. The SMILES string of the molecule is COc1ccc(C(=O)NNC(=O)c2ccc(Cl)cc2)cc1S(=O)(=O)N1CC(C)CC(C)C1. The number of sulfonamides is 1. The zero-order valence-corrected chi connectivity index (χ0v) is 19.7. The molecule has 2 atom stereocenters. The quantitative estimate of drug-likeness (QED) is 0.641. The Morgan fingerprint density at radius 2 is 1.50 bits per heavy atom. The minimum atomic E-state index is -3.88. The van der Waals surface area contributed by atoms with Crippen molar-refractivity contribution in [2.24, 2.45) is 11.8 Å². The summed E-state index contributed by atoms with van der Waals surface area (Å²) in [5, 5.41) is 0.482. The summed E-state index contributed by atoms with van der Waals surface area (Å²) in [6.07, 6.45) is 0.957. The van der Waals surface area contributed by atoms with E-state index in [1.54, 1.807) is 12.1 Å². The number of benzene rings is 2. The highest BCUT2D eigenvalue weighted by Gasteiger charge is 2.34. The summed E-state index contributed by atoms with van der Waals surface area (Å²) in [7, 11) is -2.50. The molecule has 8 nitrogen and oxygen atoms in total. The van der Waals surface area contributed by atoms with Gasteiger partial charge in [0.25, 0.3) is 11.8 Å². The number of carbonyl (C=O) groups excluding carboxylic acids is 2. The summed E-state index contributed by atoms with van der Waals surface area (Å²) in [6, 6.07) is 10.3. The second-order valence-corrected chi connectivity index (χ2v) is 10.4. The van der Waals surface area contributed by atoms with Crippen LogP contribution in [0.25, 0.3) is 0 Å². The van der Waals surface area contributed by atoms with Crippen molar-refractivity contribution in [2.45, 2.75) is 25.2 Å². The average Bonchev–Trinajstić information content (AvgIpc) is 2.76. The number of hydrogen-bond acceptors (Lipinski definition) is 5. The van der Waals surface area contributed by atoms with Gasteiger partial charge in [0.15, 0.2) is 0 Å². The van der Waals surface area contributed by atoms with Crippen LogP contribution in [-0.2, 0) is 10.0 Å². The first kappa shape index (κ1) is 24.0. The van der Waals surface area contributed by atoms with Crippen molar-refractivity contribution in [3.8, 4) is 5.75 Å². The lowest BCUT2D eigenvalue weighted by Crippen LogP contribution is -2.43. The first-order valence-corrected chi connectivity index (χ1v) is 12.0. The largest absolute Gasteiger partial charge is 0.495 e. The fourth-order valence-electron chi connectivity index (χ4n) is 3.82. The molecule has 2 aromatic rings. The molecule has 2 aromatic carbocycles. The van der Waals surface area contributed by atoms with Crippen LogP contribution in [0.2, 0.25) is 5.02 Å². The summed E-state index contributed by atoms with van der Waals surface area (Å²) in [5.74, 6) is -0.583. The highest BCUT2D eigenvalue weighted by atomic mass is 35.5. The van der Waals surface area contributed by atoms with E-state index in [-0.39, 0.29) is 28.0 Å². The normalized spacial score (nSPS) is 19.2. The van der Waals surface area contributed by atoms with Crippen LogP contribution < -0.4 is 15.6 Å². The third kappa shape index (κ3) is 5.40. The minimum Gasteiger partial charge on any atom is -0.495 e. The predicted octanol–water partition coefficient (Wildman–Crippen LogP) is 3.09. The molecule has 172 valence electrons. The summed E-state index contributed by atoms with van der Waals surface area (Å²) in [5.41, 5.74) is 4.98. The van der Waals surface area contributed by atoms with Crippen LogP contribution in [0, 0.1) is 11.8 Å². The van der Waals surface area contributed by atoms with Gasteiger partial charge in [0.2, 0.25) is 10.0 Å². The van der Waals surface area contributed by atoms with Gasteiger partial charge in [0.05, 0.1) is 7.11 Å². The zero-order chi connectivity index (χ0) is 23.5. The Morgan fingerprint density at radius 3 is 2.06 bits per heavy atom. The molecule has 0 saturated carbocycles. The van der Waals surface area contributed by atoms with E-state index >= 15 is 0 Å². The van der Waals surface area contributed by atoms with Crippen LogP contribution in [0.1, 0.15) is 41.0 Å². The molecule has 0 radical (unpaired) electrons. The topological polar surface area (TPSA) is 105 Å². The number of amides is 2. The van der Waals surface area contributed by atoms with Gasteiger partial charge in [0.1, 0.15) is 10.6 Å². The number of nitrogens with zero attached hydrogens (tertiary/aromatic N) is 1. The molecule has 10 heteroatoms. The molecule has 0 aliphatic carbocycles. The van der Waals surface area contributed by atoms with E-state index in [4.69, 9.17) is 16.3 Å². The molecule has 0 aromatic heterocycles. The van der Waals surface area contributed by atoms with E-state index < -0.39 is 21.8 Å². The molecule has 1 aliphatic rings. The molecule has 1 fully saturated rings. The Kier molecular flexibility index (Phi) is 7.43. The second kappa shape index (κ2) is 9.89. The molecule has 1 aliphatic heterocycles. The molecular formula is C22H26ClN3O5S. The number of carbonyl (C=O) groups is 2. The van der Waals surface area contributed by atoms with E-state index in [2.05, 4.69) is 10.9 Å². The maximum absolute atomic E-state index is 13.3. The van der Waals surface area contributed by atoms with Crippen LogP contribution in [-0.4, -0.2) is 44.7 Å². The third-order valence-corrected chi connectivity index (χ3v) is 7.38. The number of ether oxygens (including phenoxy) is 1. The minimum absolute atomic E-state index is 0.0684. The highest BCUT2D eigenvalue weighted by molar-refractivity contribution is 7.89. The number of hydrogen-bond donors (Lipinski definition) is 2. The van der Waals surface area contributed by atoms with Crippen molar-refractivity contribution in [1.82, 2.24) is 15.2 Å². The molecule has 0 bridgehead atoms. The number of hydrazine groups is 1. The van der Waals surface area contributed by atoms with Gasteiger partial charge < -0.3 is 4.74 Å². The van der Waals surface area contributed by atoms with Crippen LogP contribution in [0.15, 0.2) is 47.4 Å². The zero-order valence-electron chi connectivity index (χ0n) is 18.1. The third-order valence-electron chi connectivity index (χ3n) is 5.27. The Hall–Kier alpha value is -2.62. The van der Waals surface area contributed by atoms with Crippen molar-refractivity contribution in [2.75, 3.05) is 20.2 Å². The van der Waals surface area contributed by atoms with Crippen molar-refractivity contribution in [3.05, 3.63) is 58.6 Å². The first-order valence-electron chi connectivity index (χ1n) is 10.2. The second-order valence-electron chi connectivity index (χ2n) is 8.05. The molecule has 2 N–H and O–H groups in total. The van der Waals surface area contributed by atoms with Crippen LogP contribution in [0.4, 0.5) is 0 Å². The van der Waals surface area contributed by atoms with E-state index in [1.807, 2.05) is 13.8 Å². The predicted molar refractivity (Wildman–Crippen MR) is 121 cm³/mol. The highest BCUT2D eigenvalue weighted by Crippen LogP contribution is 2.32. The molecule has 1 heterocycles. The number of halogens is 1. The molecule has 3 rings (SSSR count). The Bertz CT molecular complexity index is 1100. The molecule has 2 amide bonds. The van der Waals surface area contributed by atoms with Crippen LogP contribution in [0.5, 0.6) is 5.75 Å². The van der Waals surface area contributed by atoms with Gasteiger partial charge in [-0.3, -0.25) is 20.4 Å². The summed E-state index contributed by atoms with van der Waals surface area (Å²) in [4.78, 5) is 24.7. The lowest BCUT2D eigenvalue weighted by atomic mass is 9.94. The number of nitrogens with one attached hydrogen (secondary N) is 2. The van der Waals surface area contributed by atoms with Crippen molar-refractivity contribution >= 4 is 33.4 Å². The summed E-state index contributed by atoms with van der Waals surface area (Å²) < 4.78 is 33.4. The lowest BCUT2D eigenvalue weighted by molar-refractivity contribution is 0.0846. The van der Waals surface area contributed by atoms with Gasteiger partial charge in [-0.05, 0) is 60.7 Å². The maximum Gasteiger partial charge on any atom is 0.269 e. The number of rotatable bonds is 5. The Morgan fingerprint density at radius 1 is 0.969 bits per heavy atom. The van der Waals surface area contributed by atoms with Crippen molar-refractivity contribution in [3.63, 3.8) is 0 Å². The maximum atomic E-state index is 13.3. The molecule has 2 unspecified atom stereocenters. The Labute approximate surface area is 192 Å². The number of methoxy groups -OCH3 is 1. The van der Waals surface area contributed by atoms with Crippen molar-refractivity contribution < 1.29 is 22.7 Å². The molecule has 0 spiro atoms. The van der Waals surface area contributed by atoms with Crippen molar-refractivity contribution in [1.29, 1.82) is 0 Å². The molecule has 32 heavy (non-hydrogen) atoms. The Balaban J connectivity index is 1.80.